The predicted molar refractivity (Wildman–Crippen MR) is 59.4 cm³/mol. The first kappa shape index (κ1) is 11.7. The number of hydrogen-bond acceptors (Lipinski definition) is 4. The van der Waals surface area contributed by atoms with E-state index in [1.165, 1.54) is 4.68 Å². The van der Waals surface area contributed by atoms with E-state index in [1.807, 2.05) is 13.8 Å². The molecule has 5 nitrogen and oxygen atoms in total. The minimum Gasteiger partial charge on any atom is -0.382 e. The van der Waals surface area contributed by atoms with Gasteiger partial charge in [-0.1, -0.05) is 13.8 Å². The van der Waals surface area contributed by atoms with Crippen molar-refractivity contribution >= 4 is 11.7 Å². The van der Waals surface area contributed by atoms with E-state index in [1.54, 1.807) is 13.0 Å². The van der Waals surface area contributed by atoms with Crippen LogP contribution in [0, 0.1) is 12.8 Å². The van der Waals surface area contributed by atoms with Crippen molar-refractivity contribution in [2.45, 2.75) is 33.2 Å². The van der Waals surface area contributed by atoms with Crippen LogP contribution in [0.2, 0.25) is 0 Å². The Morgan fingerprint density at radius 2 is 2.20 bits per heavy atom. The Balaban J connectivity index is 2.80. The monoisotopic (exact) mass is 210 g/mol. The highest BCUT2D eigenvalue weighted by Crippen LogP contribution is 2.08. The van der Waals surface area contributed by atoms with E-state index >= 15 is 0 Å². The number of aryl methyl sites for hydroxylation is 1. The topological polar surface area (TPSA) is 86.9 Å². The molecule has 0 radical (unpaired) electrons. The van der Waals surface area contributed by atoms with Gasteiger partial charge in [-0.25, -0.2) is 4.68 Å². The maximum atomic E-state index is 11.8. The highest BCUT2D eigenvalue weighted by atomic mass is 16.2. The smallest absolute Gasteiger partial charge is 0.264 e. The van der Waals surface area contributed by atoms with E-state index in [4.69, 9.17) is 11.5 Å². The van der Waals surface area contributed by atoms with Gasteiger partial charge in [-0.05, 0) is 19.3 Å². The van der Waals surface area contributed by atoms with Gasteiger partial charge in [-0.15, -0.1) is 5.10 Å². The number of nitrogen functional groups attached to an aromatic ring is 1. The minimum atomic E-state index is -0.511. The third kappa shape index (κ3) is 2.79. The van der Waals surface area contributed by atoms with Gasteiger partial charge in [0.1, 0.15) is 5.82 Å². The van der Waals surface area contributed by atoms with Gasteiger partial charge in [-0.3, -0.25) is 4.79 Å². The van der Waals surface area contributed by atoms with E-state index in [0.717, 1.165) is 5.69 Å². The van der Waals surface area contributed by atoms with Gasteiger partial charge in [-0.2, -0.15) is 0 Å². The fraction of sp³-hybridized carbons (Fsp3) is 0.600. The standard InChI is InChI=1S/C10H18N4O/c1-6(2)4-8(11)10(15)14-7(3)5-9(12)13-14/h5-6,8H,4,11H2,1-3H3,(H2,12,13)/t8-/m1/s1. The first-order valence-corrected chi connectivity index (χ1v) is 5.03. The van der Waals surface area contributed by atoms with Gasteiger partial charge in [0.05, 0.1) is 6.04 Å². The molecule has 1 aromatic rings. The van der Waals surface area contributed by atoms with Crippen molar-refractivity contribution in [3.8, 4) is 0 Å². The van der Waals surface area contributed by atoms with Gasteiger partial charge in [0.15, 0.2) is 0 Å². The summed E-state index contributed by atoms with van der Waals surface area (Å²) in [6.45, 7) is 5.83. The average molecular weight is 210 g/mol. The van der Waals surface area contributed by atoms with E-state index in [2.05, 4.69) is 5.10 Å². The Morgan fingerprint density at radius 1 is 1.60 bits per heavy atom. The van der Waals surface area contributed by atoms with E-state index < -0.39 is 6.04 Å². The molecule has 0 aromatic carbocycles. The molecule has 1 rings (SSSR count). The predicted octanol–water partition coefficient (Wildman–Crippen LogP) is 0.787. The number of hydrogen-bond donors (Lipinski definition) is 2. The van der Waals surface area contributed by atoms with Crippen LogP contribution >= 0.6 is 0 Å². The van der Waals surface area contributed by atoms with Crippen LogP contribution in [0.15, 0.2) is 6.07 Å². The molecular formula is C10H18N4O. The van der Waals surface area contributed by atoms with Crippen molar-refractivity contribution in [2.24, 2.45) is 11.7 Å². The molecule has 0 fully saturated rings. The normalized spacial score (nSPS) is 13.1. The SMILES string of the molecule is Cc1cc(N)nn1C(=O)[C@H](N)CC(C)C. The molecule has 1 atom stereocenters. The summed E-state index contributed by atoms with van der Waals surface area (Å²) in [7, 11) is 0. The van der Waals surface area contributed by atoms with Crippen molar-refractivity contribution in [3.63, 3.8) is 0 Å². The van der Waals surface area contributed by atoms with Crippen LogP contribution in [0.1, 0.15) is 30.8 Å². The number of aromatic nitrogens is 2. The maximum absolute atomic E-state index is 11.8. The Kier molecular flexibility index (Phi) is 3.47. The molecule has 0 aliphatic rings. The summed E-state index contributed by atoms with van der Waals surface area (Å²) in [6, 6.07) is 1.14. The first-order chi connectivity index (χ1) is 6.91. The molecular weight excluding hydrogens is 192 g/mol. The Morgan fingerprint density at radius 3 is 2.60 bits per heavy atom. The van der Waals surface area contributed by atoms with Crippen molar-refractivity contribution in [2.75, 3.05) is 5.73 Å². The zero-order valence-corrected chi connectivity index (χ0v) is 9.40. The molecule has 0 unspecified atom stereocenters. The number of rotatable bonds is 3. The lowest BCUT2D eigenvalue weighted by Crippen LogP contribution is -2.37. The largest absolute Gasteiger partial charge is 0.382 e. The van der Waals surface area contributed by atoms with Crippen LogP contribution in [-0.4, -0.2) is 21.7 Å². The zero-order valence-electron chi connectivity index (χ0n) is 9.40. The lowest BCUT2D eigenvalue weighted by Gasteiger charge is -2.13. The highest BCUT2D eigenvalue weighted by Gasteiger charge is 2.19. The molecule has 84 valence electrons. The summed E-state index contributed by atoms with van der Waals surface area (Å²) in [6.07, 6.45) is 0.651. The molecule has 1 aromatic heterocycles. The molecule has 0 spiro atoms. The highest BCUT2D eigenvalue weighted by molar-refractivity contribution is 5.84. The van der Waals surface area contributed by atoms with E-state index in [0.29, 0.717) is 18.2 Å². The number of nitrogens with zero attached hydrogens (tertiary/aromatic N) is 2. The van der Waals surface area contributed by atoms with E-state index in [-0.39, 0.29) is 5.91 Å². The summed E-state index contributed by atoms with van der Waals surface area (Å²) in [4.78, 5) is 11.8. The van der Waals surface area contributed by atoms with Crippen molar-refractivity contribution in [1.29, 1.82) is 0 Å². The van der Waals surface area contributed by atoms with Crippen LogP contribution < -0.4 is 11.5 Å². The molecule has 0 amide bonds. The number of anilines is 1. The van der Waals surface area contributed by atoms with Gasteiger partial charge in [0, 0.05) is 11.8 Å². The lowest BCUT2D eigenvalue weighted by molar-refractivity contribution is 0.0850. The number of carbonyl (C=O) groups excluding carboxylic acids is 1. The zero-order chi connectivity index (χ0) is 11.6. The maximum Gasteiger partial charge on any atom is 0.264 e. The molecule has 15 heavy (non-hydrogen) atoms. The van der Waals surface area contributed by atoms with Crippen LogP contribution in [0.5, 0.6) is 0 Å². The molecule has 0 bridgehead atoms. The first-order valence-electron chi connectivity index (χ1n) is 5.03. The third-order valence-corrected chi connectivity index (χ3v) is 2.16. The van der Waals surface area contributed by atoms with Crippen LogP contribution in [0.25, 0.3) is 0 Å². The Hall–Kier alpha value is -1.36. The summed E-state index contributed by atoms with van der Waals surface area (Å²) < 4.78 is 1.28. The fourth-order valence-electron chi connectivity index (χ4n) is 1.49. The fourth-order valence-corrected chi connectivity index (χ4v) is 1.49. The number of carbonyl (C=O) groups is 1. The van der Waals surface area contributed by atoms with Gasteiger partial charge < -0.3 is 11.5 Å². The average Bonchev–Trinajstić information content (AvgIpc) is 2.42. The second-order valence-electron chi connectivity index (χ2n) is 4.20. The Bertz CT molecular complexity index is 356. The molecule has 0 saturated heterocycles. The van der Waals surface area contributed by atoms with Crippen molar-refractivity contribution in [3.05, 3.63) is 11.8 Å². The summed E-state index contributed by atoms with van der Waals surface area (Å²) in [5.41, 5.74) is 12.0. The van der Waals surface area contributed by atoms with Crippen LogP contribution in [0.3, 0.4) is 0 Å². The number of nitrogens with two attached hydrogens (primary N) is 2. The van der Waals surface area contributed by atoms with Gasteiger partial charge in [0.25, 0.3) is 5.91 Å². The lowest BCUT2D eigenvalue weighted by atomic mass is 10.0. The van der Waals surface area contributed by atoms with Crippen LogP contribution in [0.4, 0.5) is 5.82 Å². The van der Waals surface area contributed by atoms with Crippen molar-refractivity contribution in [1.82, 2.24) is 9.78 Å². The minimum absolute atomic E-state index is 0.196. The molecule has 0 aliphatic heterocycles. The molecule has 0 aliphatic carbocycles. The van der Waals surface area contributed by atoms with Gasteiger partial charge in [0.2, 0.25) is 0 Å². The Labute approximate surface area is 89.4 Å². The third-order valence-electron chi connectivity index (χ3n) is 2.16. The molecule has 4 N–H and O–H groups in total. The second kappa shape index (κ2) is 4.44. The molecule has 1 heterocycles. The van der Waals surface area contributed by atoms with E-state index in [9.17, 15) is 4.79 Å². The summed E-state index contributed by atoms with van der Waals surface area (Å²) in [5, 5.41) is 3.90. The quantitative estimate of drug-likeness (QED) is 0.772. The van der Waals surface area contributed by atoms with Crippen molar-refractivity contribution < 1.29 is 4.79 Å². The van der Waals surface area contributed by atoms with Crippen LogP contribution in [-0.2, 0) is 0 Å². The summed E-state index contributed by atoms with van der Waals surface area (Å²) >= 11 is 0. The summed E-state index contributed by atoms with van der Waals surface area (Å²) in [5.74, 6) is 0.535. The molecule has 0 saturated carbocycles. The van der Waals surface area contributed by atoms with Gasteiger partial charge >= 0.3 is 0 Å². The molecule has 5 heteroatoms. The second-order valence-corrected chi connectivity index (χ2v) is 4.20.